The monoisotopic (exact) mass is 489 g/mol. The van der Waals surface area contributed by atoms with Crippen molar-refractivity contribution < 1.29 is 9.50 Å². The predicted octanol–water partition coefficient (Wildman–Crippen LogP) is 4.34. The van der Waals surface area contributed by atoms with Crippen LogP contribution < -0.4 is 10.2 Å². The van der Waals surface area contributed by atoms with Gasteiger partial charge < -0.3 is 15.3 Å². The van der Waals surface area contributed by atoms with Crippen molar-refractivity contribution in [3.8, 4) is 27.8 Å². The molecule has 35 heavy (non-hydrogen) atoms. The number of fused-ring (bicyclic) bond motifs is 2. The predicted molar refractivity (Wildman–Crippen MR) is 136 cm³/mol. The first-order valence-corrected chi connectivity index (χ1v) is 12.3. The number of nitrogens with one attached hydrogen (secondary N) is 1. The van der Waals surface area contributed by atoms with Crippen molar-refractivity contribution in [2.45, 2.75) is 25.9 Å². The van der Waals surface area contributed by atoms with Gasteiger partial charge in [-0.05, 0) is 38.1 Å². The number of rotatable bonds is 3. The minimum atomic E-state index is -0.783. The van der Waals surface area contributed by atoms with E-state index >= 15 is 0 Å². The maximum Gasteiger partial charge on any atom is 0.193 e. The minimum absolute atomic E-state index is 0.110. The number of phenols is 1. The van der Waals surface area contributed by atoms with Gasteiger partial charge in [0.2, 0.25) is 0 Å². The lowest BCUT2D eigenvalue weighted by molar-refractivity contribution is 0.407. The zero-order valence-electron chi connectivity index (χ0n) is 19.5. The Kier molecular flexibility index (Phi) is 5.15. The van der Waals surface area contributed by atoms with E-state index in [2.05, 4.69) is 46.3 Å². The Morgan fingerprint density at radius 1 is 1.14 bits per heavy atom. The number of hydrogen-bond donors (Lipinski definition) is 2. The van der Waals surface area contributed by atoms with Gasteiger partial charge in [-0.1, -0.05) is 0 Å². The van der Waals surface area contributed by atoms with E-state index in [1.54, 1.807) is 25.5 Å². The van der Waals surface area contributed by atoms with Crippen LogP contribution >= 0.6 is 11.3 Å². The van der Waals surface area contributed by atoms with Crippen LogP contribution in [0.15, 0.2) is 42.0 Å². The first kappa shape index (κ1) is 21.9. The lowest BCUT2D eigenvalue weighted by Gasteiger charge is -2.37. The number of phenolic OH excluding ortho intramolecular Hbond substituents is 1. The van der Waals surface area contributed by atoms with E-state index < -0.39 is 11.6 Å². The van der Waals surface area contributed by atoms with Crippen LogP contribution in [-0.2, 0) is 7.05 Å². The van der Waals surface area contributed by atoms with Gasteiger partial charge in [-0.2, -0.15) is 5.10 Å². The zero-order chi connectivity index (χ0) is 24.3. The number of aryl methyl sites for hydroxylation is 1. The fourth-order valence-corrected chi connectivity index (χ4v) is 5.52. The molecule has 1 aliphatic heterocycles. The molecular weight excluding hydrogens is 465 g/mol. The van der Waals surface area contributed by atoms with Crippen LogP contribution in [0.1, 0.15) is 13.8 Å². The Bertz CT molecular complexity index is 1560. The largest absolute Gasteiger partial charge is 0.504 e. The number of benzene rings is 2. The first-order chi connectivity index (χ1) is 16.9. The number of hydrogen-bond acceptors (Lipinski definition) is 8. The van der Waals surface area contributed by atoms with Gasteiger partial charge in [0.25, 0.3) is 0 Å². The molecule has 1 saturated heterocycles. The summed E-state index contributed by atoms with van der Waals surface area (Å²) in [6, 6.07) is 8.55. The third-order valence-electron chi connectivity index (χ3n) is 6.31. The number of aromatic nitrogens is 5. The van der Waals surface area contributed by atoms with Crippen LogP contribution in [-0.4, -0.2) is 55.0 Å². The number of anilines is 1. The van der Waals surface area contributed by atoms with E-state index in [1.165, 1.54) is 16.0 Å². The average Bonchev–Trinajstić information content (AvgIpc) is 3.49. The number of thiazole rings is 1. The molecule has 0 saturated carbocycles. The second kappa shape index (κ2) is 8.24. The molecule has 2 aromatic carbocycles. The Morgan fingerprint density at radius 2 is 1.94 bits per heavy atom. The molecule has 0 aliphatic carbocycles. The SMILES string of the molecule is CC1CN(c2ccc3nc(-c4cc5cn(C)nc5c(F)c4O)nc(-c4nccs4)c3c2)CC(C)N1. The number of nitrogens with zero attached hydrogens (tertiary/aromatic N) is 6. The molecule has 0 spiro atoms. The van der Waals surface area contributed by atoms with Gasteiger partial charge in [0, 0.05) is 66.5 Å². The van der Waals surface area contributed by atoms with E-state index in [0.29, 0.717) is 28.7 Å². The zero-order valence-corrected chi connectivity index (χ0v) is 20.3. The number of piperazine rings is 1. The maximum atomic E-state index is 15.0. The van der Waals surface area contributed by atoms with Crippen LogP contribution in [0.2, 0.25) is 0 Å². The summed E-state index contributed by atoms with van der Waals surface area (Å²) in [6.07, 6.45) is 3.43. The van der Waals surface area contributed by atoms with Crippen molar-refractivity contribution in [1.29, 1.82) is 0 Å². The van der Waals surface area contributed by atoms with Crippen molar-refractivity contribution in [2.24, 2.45) is 7.05 Å². The van der Waals surface area contributed by atoms with E-state index in [-0.39, 0.29) is 16.9 Å². The normalized spacial score (nSPS) is 18.6. The maximum absolute atomic E-state index is 15.0. The van der Waals surface area contributed by atoms with Gasteiger partial charge in [0.1, 0.15) is 16.2 Å². The third-order valence-corrected chi connectivity index (χ3v) is 7.09. The van der Waals surface area contributed by atoms with Crippen molar-refractivity contribution in [2.75, 3.05) is 18.0 Å². The lowest BCUT2D eigenvalue weighted by Crippen LogP contribution is -2.54. The molecule has 5 aromatic rings. The van der Waals surface area contributed by atoms with E-state index in [9.17, 15) is 9.50 Å². The molecule has 6 rings (SSSR count). The molecule has 0 radical (unpaired) electrons. The topological polar surface area (TPSA) is 92.0 Å². The standard InChI is InChI=1S/C25H24FN7OS/c1-13-10-33(11-14(2)28-13)16-4-5-19-17(9-16)22(25-27-6-7-35-25)30-24(29-19)18-8-15-12-32(3)31-21(15)20(26)23(18)34/h4-9,12-14,28,34H,10-11H2,1-3H3. The van der Waals surface area contributed by atoms with Crippen LogP contribution in [0.5, 0.6) is 5.75 Å². The van der Waals surface area contributed by atoms with Gasteiger partial charge in [0.15, 0.2) is 17.4 Å². The van der Waals surface area contributed by atoms with Crippen molar-refractivity contribution in [3.05, 3.63) is 47.9 Å². The van der Waals surface area contributed by atoms with E-state index in [0.717, 1.165) is 29.2 Å². The Hall–Kier alpha value is -3.63. The highest BCUT2D eigenvalue weighted by molar-refractivity contribution is 7.13. The molecule has 2 unspecified atom stereocenters. The molecule has 178 valence electrons. The fraction of sp³-hybridized carbons (Fsp3) is 0.280. The third kappa shape index (κ3) is 3.78. The van der Waals surface area contributed by atoms with Gasteiger partial charge in [-0.15, -0.1) is 11.3 Å². The summed E-state index contributed by atoms with van der Waals surface area (Å²) in [5.74, 6) is -1.06. The quantitative estimate of drug-likeness (QED) is 0.390. The lowest BCUT2D eigenvalue weighted by atomic mass is 10.1. The van der Waals surface area contributed by atoms with Crippen LogP contribution in [0.3, 0.4) is 0 Å². The second-order valence-electron chi connectivity index (χ2n) is 9.14. The molecule has 0 amide bonds. The highest BCUT2D eigenvalue weighted by Crippen LogP contribution is 2.38. The highest BCUT2D eigenvalue weighted by atomic mass is 32.1. The van der Waals surface area contributed by atoms with Crippen molar-refractivity contribution in [1.82, 2.24) is 30.0 Å². The average molecular weight is 490 g/mol. The molecule has 2 atom stereocenters. The summed E-state index contributed by atoms with van der Waals surface area (Å²) in [7, 11) is 1.71. The smallest absolute Gasteiger partial charge is 0.193 e. The van der Waals surface area contributed by atoms with Gasteiger partial charge in [-0.25, -0.2) is 19.3 Å². The van der Waals surface area contributed by atoms with Gasteiger partial charge >= 0.3 is 0 Å². The summed E-state index contributed by atoms with van der Waals surface area (Å²) >= 11 is 1.48. The molecule has 3 aromatic heterocycles. The molecule has 1 aliphatic rings. The first-order valence-electron chi connectivity index (χ1n) is 11.4. The van der Waals surface area contributed by atoms with Crippen LogP contribution in [0, 0.1) is 5.82 Å². The molecule has 4 heterocycles. The molecule has 8 nitrogen and oxygen atoms in total. The second-order valence-corrected chi connectivity index (χ2v) is 10.0. The summed E-state index contributed by atoms with van der Waals surface area (Å²) in [5.41, 5.74) is 2.78. The number of aromatic hydroxyl groups is 1. The van der Waals surface area contributed by atoms with Crippen molar-refractivity contribution in [3.63, 3.8) is 0 Å². The van der Waals surface area contributed by atoms with Crippen LogP contribution in [0.25, 0.3) is 43.9 Å². The molecule has 2 N–H and O–H groups in total. The Morgan fingerprint density at radius 3 is 2.69 bits per heavy atom. The Balaban J connectivity index is 1.54. The van der Waals surface area contributed by atoms with E-state index in [1.807, 2.05) is 11.4 Å². The summed E-state index contributed by atoms with van der Waals surface area (Å²) in [6.45, 7) is 6.18. The van der Waals surface area contributed by atoms with E-state index in [4.69, 9.17) is 9.97 Å². The molecule has 10 heteroatoms. The fourth-order valence-electron chi connectivity index (χ4n) is 4.88. The van der Waals surface area contributed by atoms with Crippen LogP contribution in [0.4, 0.5) is 10.1 Å². The summed E-state index contributed by atoms with van der Waals surface area (Å²) < 4.78 is 16.5. The minimum Gasteiger partial charge on any atom is -0.504 e. The van der Waals surface area contributed by atoms with Crippen molar-refractivity contribution >= 4 is 38.8 Å². The van der Waals surface area contributed by atoms with Gasteiger partial charge in [-0.3, -0.25) is 4.68 Å². The van der Waals surface area contributed by atoms with Gasteiger partial charge in [0.05, 0.1) is 11.1 Å². The summed E-state index contributed by atoms with van der Waals surface area (Å²) in [4.78, 5) is 16.4. The molecular formula is C25H24FN7OS. The Labute approximate surface area is 205 Å². The molecule has 0 bridgehead atoms. The highest BCUT2D eigenvalue weighted by Gasteiger charge is 2.24. The summed E-state index contributed by atoms with van der Waals surface area (Å²) in [5, 5.41) is 22.4. The number of halogens is 1. The molecule has 1 fully saturated rings.